The predicted octanol–water partition coefficient (Wildman–Crippen LogP) is 4.15. The van der Waals surface area contributed by atoms with Gasteiger partial charge in [0.05, 0.1) is 34.4 Å². The van der Waals surface area contributed by atoms with Gasteiger partial charge in [-0.25, -0.2) is 13.6 Å². The molecule has 2 aromatic heterocycles. The molecule has 0 fully saturated rings. The minimum atomic E-state index is -1.01. The minimum Gasteiger partial charge on any atom is -0.365 e. The van der Waals surface area contributed by atoms with Crippen LogP contribution in [0.3, 0.4) is 0 Å². The lowest BCUT2D eigenvalue weighted by atomic mass is 9.97. The zero-order valence-electron chi connectivity index (χ0n) is 19.6. The monoisotopic (exact) mass is 465 g/mol. The standard InChI is InChI=1S/C26H25F2N3O3/c1-14-9-11-15(12-10-14)20-18-21(29(4)25(33)30(5)24(18)32)22-23(34-13-26(2,3)31(20)22)16-7-6-8-17(27)19(16)28/h6-12,23H,13H2,1-5H3. The Balaban J connectivity index is 2.02. The number of aromatic nitrogens is 3. The number of benzene rings is 2. The topological polar surface area (TPSA) is 58.2 Å². The van der Waals surface area contributed by atoms with Crippen LogP contribution in [0.5, 0.6) is 0 Å². The first kappa shape index (κ1) is 22.3. The van der Waals surface area contributed by atoms with Crippen molar-refractivity contribution in [2.24, 2.45) is 14.1 Å². The van der Waals surface area contributed by atoms with Crippen molar-refractivity contribution in [3.63, 3.8) is 0 Å². The third-order valence-corrected chi connectivity index (χ3v) is 6.65. The average Bonchev–Trinajstić information content (AvgIpc) is 3.17. The van der Waals surface area contributed by atoms with Gasteiger partial charge in [-0.2, -0.15) is 0 Å². The zero-order valence-corrected chi connectivity index (χ0v) is 19.6. The number of aryl methyl sites for hydroxylation is 2. The summed E-state index contributed by atoms with van der Waals surface area (Å²) in [6.45, 7) is 6.06. The third-order valence-electron chi connectivity index (χ3n) is 6.65. The van der Waals surface area contributed by atoms with Gasteiger partial charge in [0.2, 0.25) is 0 Å². The second kappa shape index (κ2) is 7.50. The predicted molar refractivity (Wildman–Crippen MR) is 126 cm³/mol. The number of halogens is 2. The Morgan fingerprint density at radius 2 is 1.68 bits per heavy atom. The molecule has 8 heteroatoms. The molecule has 2 aromatic carbocycles. The fourth-order valence-corrected chi connectivity index (χ4v) is 4.94. The molecule has 4 aromatic rings. The molecule has 0 amide bonds. The van der Waals surface area contributed by atoms with E-state index in [1.165, 1.54) is 23.7 Å². The van der Waals surface area contributed by atoms with E-state index in [4.69, 9.17) is 4.74 Å². The summed E-state index contributed by atoms with van der Waals surface area (Å²) in [5.74, 6) is -2.00. The average molecular weight is 466 g/mol. The van der Waals surface area contributed by atoms with Crippen molar-refractivity contribution in [3.8, 4) is 11.3 Å². The molecule has 1 unspecified atom stereocenters. The molecule has 0 N–H and O–H groups in total. The summed E-state index contributed by atoms with van der Waals surface area (Å²) >= 11 is 0. The molecule has 0 saturated heterocycles. The van der Waals surface area contributed by atoms with E-state index in [1.54, 1.807) is 7.05 Å². The number of fused-ring (bicyclic) bond motifs is 3. The number of hydrogen-bond acceptors (Lipinski definition) is 3. The van der Waals surface area contributed by atoms with Gasteiger partial charge in [0.1, 0.15) is 6.10 Å². The maximum Gasteiger partial charge on any atom is 0.331 e. The summed E-state index contributed by atoms with van der Waals surface area (Å²) in [4.78, 5) is 26.5. The molecule has 3 heterocycles. The van der Waals surface area contributed by atoms with Gasteiger partial charge >= 0.3 is 5.69 Å². The van der Waals surface area contributed by atoms with Crippen molar-refractivity contribution in [1.29, 1.82) is 0 Å². The highest BCUT2D eigenvalue weighted by molar-refractivity contribution is 5.96. The Kier molecular flexibility index (Phi) is 4.91. The van der Waals surface area contributed by atoms with Crippen LogP contribution in [0.4, 0.5) is 8.78 Å². The SMILES string of the molecule is Cc1ccc(-c2c3c(=O)n(C)c(=O)n(C)c3c3n2C(C)(C)COC3c2cccc(F)c2F)cc1. The van der Waals surface area contributed by atoms with Crippen molar-refractivity contribution in [1.82, 2.24) is 13.7 Å². The van der Waals surface area contributed by atoms with E-state index in [-0.39, 0.29) is 12.2 Å². The van der Waals surface area contributed by atoms with Crippen molar-refractivity contribution in [3.05, 3.63) is 91.8 Å². The van der Waals surface area contributed by atoms with Crippen LogP contribution in [0, 0.1) is 18.6 Å². The Morgan fingerprint density at radius 3 is 2.35 bits per heavy atom. The molecule has 0 aliphatic carbocycles. The Labute approximate surface area is 194 Å². The zero-order chi connectivity index (χ0) is 24.5. The second-order valence-electron chi connectivity index (χ2n) is 9.51. The summed E-state index contributed by atoms with van der Waals surface area (Å²) in [5, 5.41) is 0.337. The fourth-order valence-electron chi connectivity index (χ4n) is 4.94. The normalized spacial score (nSPS) is 17.2. The number of ether oxygens (including phenoxy) is 1. The highest BCUT2D eigenvalue weighted by Gasteiger charge is 2.41. The van der Waals surface area contributed by atoms with Crippen LogP contribution >= 0.6 is 0 Å². The van der Waals surface area contributed by atoms with E-state index in [1.807, 2.05) is 49.6 Å². The molecule has 0 radical (unpaired) electrons. The van der Waals surface area contributed by atoms with Crippen molar-refractivity contribution in [2.45, 2.75) is 32.4 Å². The third kappa shape index (κ3) is 3.01. The van der Waals surface area contributed by atoms with Gasteiger partial charge in [-0.15, -0.1) is 0 Å². The first-order valence-electron chi connectivity index (χ1n) is 11.0. The van der Waals surface area contributed by atoms with Crippen molar-refractivity contribution < 1.29 is 13.5 Å². The Hall–Kier alpha value is -3.52. The van der Waals surface area contributed by atoms with Crippen LogP contribution in [0.1, 0.15) is 36.8 Å². The van der Waals surface area contributed by atoms with Gasteiger partial charge < -0.3 is 9.30 Å². The van der Waals surface area contributed by atoms with E-state index >= 15 is 0 Å². The summed E-state index contributed by atoms with van der Waals surface area (Å²) in [6, 6.07) is 11.7. The van der Waals surface area contributed by atoms with E-state index in [2.05, 4.69) is 0 Å². The maximum atomic E-state index is 15.0. The van der Waals surface area contributed by atoms with Gasteiger partial charge in [-0.1, -0.05) is 42.0 Å². The smallest absolute Gasteiger partial charge is 0.331 e. The van der Waals surface area contributed by atoms with Gasteiger partial charge in [-0.05, 0) is 32.4 Å². The fraction of sp³-hybridized carbons (Fsp3) is 0.308. The molecule has 0 spiro atoms. The van der Waals surface area contributed by atoms with Gasteiger partial charge in [-0.3, -0.25) is 13.9 Å². The molecule has 0 bridgehead atoms. The van der Waals surface area contributed by atoms with Crippen molar-refractivity contribution in [2.75, 3.05) is 6.61 Å². The van der Waals surface area contributed by atoms with Gasteiger partial charge in [0.15, 0.2) is 11.6 Å². The number of rotatable bonds is 2. The molecule has 0 saturated carbocycles. The van der Waals surface area contributed by atoms with Gasteiger partial charge in [0.25, 0.3) is 5.56 Å². The molecule has 1 aliphatic rings. The van der Waals surface area contributed by atoms with Crippen LogP contribution in [-0.2, 0) is 24.4 Å². The van der Waals surface area contributed by atoms with E-state index in [0.717, 1.165) is 21.8 Å². The number of hydrogen-bond donors (Lipinski definition) is 0. The molecule has 1 aliphatic heterocycles. The lowest BCUT2D eigenvalue weighted by molar-refractivity contribution is -0.00881. The largest absolute Gasteiger partial charge is 0.365 e. The summed E-state index contributed by atoms with van der Waals surface area (Å²) in [5.41, 5.74) is 1.67. The molecular weight excluding hydrogens is 440 g/mol. The van der Waals surface area contributed by atoms with Crippen LogP contribution in [-0.4, -0.2) is 20.3 Å². The van der Waals surface area contributed by atoms with E-state index in [9.17, 15) is 18.4 Å². The quantitative estimate of drug-likeness (QED) is 0.447. The lowest BCUT2D eigenvalue weighted by Gasteiger charge is -2.39. The molecular formula is C26H25F2N3O3. The first-order valence-corrected chi connectivity index (χ1v) is 11.0. The van der Waals surface area contributed by atoms with Crippen LogP contribution in [0.2, 0.25) is 0 Å². The van der Waals surface area contributed by atoms with Crippen LogP contribution < -0.4 is 11.2 Å². The first-order chi connectivity index (χ1) is 16.0. The summed E-state index contributed by atoms with van der Waals surface area (Å²) in [7, 11) is 3.01. The van der Waals surface area contributed by atoms with Gasteiger partial charge in [0, 0.05) is 19.7 Å². The van der Waals surface area contributed by atoms with Crippen molar-refractivity contribution >= 4 is 10.9 Å². The summed E-state index contributed by atoms with van der Waals surface area (Å²) < 4.78 is 39.7. The highest BCUT2D eigenvalue weighted by atomic mass is 19.2. The van der Waals surface area contributed by atoms with Crippen LogP contribution in [0.15, 0.2) is 52.1 Å². The lowest BCUT2D eigenvalue weighted by Crippen LogP contribution is -2.40. The highest BCUT2D eigenvalue weighted by Crippen LogP contribution is 2.46. The van der Waals surface area contributed by atoms with E-state index < -0.39 is 34.5 Å². The van der Waals surface area contributed by atoms with E-state index in [0.29, 0.717) is 22.3 Å². The number of nitrogens with zero attached hydrogens (tertiary/aromatic N) is 3. The second-order valence-corrected chi connectivity index (χ2v) is 9.51. The molecule has 1 atom stereocenters. The summed E-state index contributed by atoms with van der Waals surface area (Å²) in [6.07, 6.45) is -1.01. The molecule has 34 heavy (non-hydrogen) atoms. The molecule has 6 nitrogen and oxygen atoms in total. The Morgan fingerprint density at radius 1 is 1.00 bits per heavy atom. The maximum absolute atomic E-state index is 15.0. The Bertz CT molecular complexity index is 1580. The molecule has 176 valence electrons. The molecule has 5 rings (SSSR count). The van der Waals surface area contributed by atoms with Crippen LogP contribution in [0.25, 0.3) is 22.2 Å². The minimum absolute atomic E-state index is 0.0136.